The average molecular weight is 251 g/mol. The van der Waals surface area contributed by atoms with Crippen LogP contribution in [-0.4, -0.2) is 7.05 Å². The SMILES string of the molecule is CCCCCCC(NC)c1c(C)cc(C)cc1F. The molecule has 1 N–H and O–H groups in total. The third kappa shape index (κ3) is 4.09. The van der Waals surface area contributed by atoms with E-state index in [-0.39, 0.29) is 11.9 Å². The zero-order chi connectivity index (χ0) is 13.5. The molecule has 0 aromatic heterocycles. The highest BCUT2D eigenvalue weighted by molar-refractivity contribution is 5.34. The van der Waals surface area contributed by atoms with Crippen molar-refractivity contribution >= 4 is 0 Å². The van der Waals surface area contributed by atoms with E-state index in [1.807, 2.05) is 20.9 Å². The van der Waals surface area contributed by atoms with Crippen molar-refractivity contribution in [3.63, 3.8) is 0 Å². The average Bonchev–Trinajstić information content (AvgIpc) is 2.31. The zero-order valence-electron chi connectivity index (χ0n) is 12.1. The summed E-state index contributed by atoms with van der Waals surface area (Å²) in [4.78, 5) is 0. The van der Waals surface area contributed by atoms with Crippen molar-refractivity contribution in [2.45, 2.75) is 58.9 Å². The molecule has 0 aliphatic heterocycles. The number of unbranched alkanes of at least 4 members (excludes halogenated alkanes) is 3. The van der Waals surface area contributed by atoms with Crippen molar-refractivity contribution in [2.24, 2.45) is 0 Å². The molecule has 18 heavy (non-hydrogen) atoms. The second-order valence-corrected chi connectivity index (χ2v) is 5.17. The first-order valence-electron chi connectivity index (χ1n) is 7.04. The number of aryl methyl sites for hydroxylation is 2. The molecule has 1 atom stereocenters. The van der Waals surface area contributed by atoms with E-state index in [1.54, 1.807) is 6.07 Å². The van der Waals surface area contributed by atoms with Crippen LogP contribution in [0.2, 0.25) is 0 Å². The van der Waals surface area contributed by atoms with E-state index in [2.05, 4.69) is 18.3 Å². The van der Waals surface area contributed by atoms with Crippen molar-refractivity contribution in [3.8, 4) is 0 Å². The van der Waals surface area contributed by atoms with Crippen LogP contribution in [0.5, 0.6) is 0 Å². The van der Waals surface area contributed by atoms with Crippen LogP contribution in [-0.2, 0) is 0 Å². The molecule has 2 heteroatoms. The van der Waals surface area contributed by atoms with Crippen molar-refractivity contribution in [1.82, 2.24) is 5.32 Å². The Bertz CT molecular complexity index is 350. The van der Waals surface area contributed by atoms with Gasteiger partial charge in [0.15, 0.2) is 0 Å². The number of rotatable bonds is 7. The minimum Gasteiger partial charge on any atom is -0.313 e. The Morgan fingerprint density at radius 2 is 1.89 bits per heavy atom. The predicted molar refractivity (Wildman–Crippen MR) is 76.4 cm³/mol. The fourth-order valence-corrected chi connectivity index (χ4v) is 2.58. The van der Waals surface area contributed by atoms with Crippen molar-refractivity contribution in [2.75, 3.05) is 7.05 Å². The number of hydrogen-bond acceptors (Lipinski definition) is 1. The molecule has 0 saturated carbocycles. The molecule has 1 aromatic rings. The highest BCUT2D eigenvalue weighted by atomic mass is 19.1. The van der Waals surface area contributed by atoms with E-state index in [1.165, 1.54) is 19.3 Å². The third-order valence-corrected chi connectivity index (χ3v) is 3.52. The lowest BCUT2D eigenvalue weighted by Gasteiger charge is -2.20. The molecule has 0 bridgehead atoms. The van der Waals surface area contributed by atoms with Crippen molar-refractivity contribution in [1.29, 1.82) is 0 Å². The summed E-state index contributed by atoms with van der Waals surface area (Å²) in [6, 6.07) is 3.84. The van der Waals surface area contributed by atoms with Gasteiger partial charge in [0.1, 0.15) is 5.82 Å². The van der Waals surface area contributed by atoms with E-state index in [9.17, 15) is 4.39 Å². The van der Waals surface area contributed by atoms with E-state index in [4.69, 9.17) is 0 Å². The second kappa shape index (κ2) is 7.52. The Morgan fingerprint density at radius 1 is 1.17 bits per heavy atom. The lowest BCUT2D eigenvalue weighted by molar-refractivity contribution is 0.478. The molecule has 0 saturated heterocycles. The monoisotopic (exact) mass is 251 g/mol. The van der Waals surface area contributed by atoms with Gasteiger partial charge in [0.2, 0.25) is 0 Å². The molecule has 1 unspecified atom stereocenters. The molecule has 0 aliphatic carbocycles. The highest BCUT2D eigenvalue weighted by Crippen LogP contribution is 2.26. The molecule has 0 spiro atoms. The van der Waals surface area contributed by atoms with E-state index in [0.29, 0.717) is 0 Å². The Hall–Kier alpha value is -0.890. The molecule has 1 rings (SSSR count). The summed E-state index contributed by atoms with van der Waals surface area (Å²) in [5.41, 5.74) is 2.90. The third-order valence-electron chi connectivity index (χ3n) is 3.52. The molecule has 0 radical (unpaired) electrons. The molecular formula is C16H26FN. The summed E-state index contributed by atoms with van der Waals surface area (Å²) in [6.45, 7) is 6.15. The minimum absolute atomic E-state index is 0.0673. The number of halogens is 1. The number of hydrogen-bond donors (Lipinski definition) is 1. The molecule has 102 valence electrons. The summed E-state index contributed by atoms with van der Waals surface area (Å²) in [6.07, 6.45) is 5.92. The van der Waals surface area contributed by atoms with Gasteiger partial charge in [0.25, 0.3) is 0 Å². The number of benzene rings is 1. The molecule has 0 fully saturated rings. The maximum atomic E-state index is 14.1. The fraction of sp³-hybridized carbons (Fsp3) is 0.625. The molecule has 0 aliphatic rings. The molecule has 1 aromatic carbocycles. The van der Waals surface area contributed by atoms with Crippen LogP contribution in [0.15, 0.2) is 12.1 Å². The van der Waals surface area contributed by atoms with Crippen LogP contribution < -0.4 is 5.32 Å². The van der Waals surface area contributed by atoms with Crippen LogP contribution in [0.4, 0.5) is 4.39 Å². The Kier molecular flexibility index (Phi) is 6.34. The van der Waals surface area contributed by atoms with Crippen LogP contribution in [0.1, 0.15) is 61.8 Å². The van der Waals surface area contributed by atoms with Gasteiger partial charge in [-0.3, -0.25) is 0 Å². The van der Waals surface area contributed by atoms with Crippen molar-refractivity contribution in [3.05, 3.63) is 34.6 Å². The van der Waals surface area contributed by atoms with Gasteiger partial charge < -0.3 is 5.32 Å². The fourth-order valence-electron chi connectivity index (χ4n) is 2.58. The van der Waals surface area contributed by atoms with Gasteiger partial charge in [-0.2, -0.15) is 0 Å². The minimum atomic E-state index is -0.0673. The van der Waals surface area contributed by atoms with Crippen LogP contribution in [0.3, 0.4) is 0 Å². The normalized spacial score (nSPS) is 12.7. The largest absolute Gasteiger partial charge is 0.313 e. The van der Waals surface area contributed by atoms with E-state index < -0.39 is 0 Å². The Labute approximate surface area is 111 Å². The van der Waals surface area contributed by atoms with Gasteiger partial charge >= 0.3 is 0 Å². The molecule has 1 nitrogen and oxygen atoms in total. The first-order chi connectivity index (χ1) is 8.60. The Balaban J connectivity index is 2.75. The molecule has 0 heterocycles. The summed E-state index contributed by atoms with van der Waals surface area (Å²) in [5, 5.41) is 3.26. The maximum Gasteiger partial charge on any atom is 0.128 e. The second-order valence-electron chi connectivity index (χ2n) is 5.17. The summed E-state index contributed by atoms with van der Waals surface area (Å²) in [7, 11) is 1.92. The van der Waals surface area contributed by atoms with Gasteiger partial charge in [0, 0.05) is 11.6 Å². The van der Waals surface area contributed by atoms with Gasteiger partial charge in [0.05, 0.1) is 0 Å². The van der Waals surface area contributed by atoms with E-state index >= 15 is 0 Å². The quantitative estimate of drug-likeness (QED) is 0.694. The van der Waals surface area contributed by atoms with Crippen LogP contribution in [0, 0.1) is 19.7 Å². The predicted octanol–water partition coefficient (Wildman–Crippen LogP) is 4.67. The highest BCUT2D eigenvalue weighted by Gasteiger charge is 2.16. The lowest BCUT2D eigenvalue weighted by Crippen LogP contribution is -2.19. The van der Waals surface area contributed by atoms with Gasteiger partial charge in [-0.1, -0.05) is 38.7 Å². The topological polar surface area (TPSA) is 12.0 Å². The smallest absolute Gasteiger partial charge is 0.128 e. The first-order valence-corrected chi connectivity index (χ1v) is 7.04. The zero-order valence-corrected chi connectivity index (χ0v) is 12.1. The summed E-state index contributed by atoms with van der Waals surface area (Å²) >= 11 is 0. The van der Waals surface area contributed by atoms with Gasteiger partial charge in [-0.25, -0.2) is 4.39 Å². The van der Waals surface area contributed by atoms with Crippen molar-refractivity contribution < 1.29 is 4.39 Å². The van der Waals surface area contributed by atoms with Crippen LogP contribution >= 0.6 is 0 Å². The lowest BCUT2D eigenvalue weighted by atomic mass is 9.94. The maximum absolute atomic E-state index is 14.1. The van der Waals surface area contributed by atoms with Crippen LogP contribution in [0.25, 0.3) is 0 Å². The first kappa shape index (κ1) is 15.2. The number of nitrogens with one attached hydrogen (secondary N) is 1. The molecular weight excluding hydrogens is 225 g/mol. The van der Waals surface area contributed by atoms with Gasteiger partial charge in [-0.05, 0) is 44.5 Å². The molecule has 0 amide bonds. The van der Waals surface area contributed by atoms with Gasteiger partial charge in [-0.15, -0.1) is 0 Å². The Morgan fingerprint density at radius 3 is 2.44 bits per heavy atom. The summed E-state index contributed by atoms with van der Waals surface area (Å²) < 4.78 is 14.1. The summed E-state index contributed by atoms with van der Waals surface area (Å²) in [5.74, 6) is -0.0673. The van der Waals surface area contributed by atoms with E-state index in [0.717, 1.165) is 29.5 Å². The standard InChI is InChI=1S/C16H26FN/c1-5-6-7-8-9-15(18-4)16-13(3)10-12(2)11-14(16)17/h10-11,15,18H,5-9H2,1-4H3.